The number of fused-ring (bicyclic) bond motifs is 1. The van der Waals surface area contributed by atoms with E-state index in [0.717, 1.165) is 5.70 Å². The number of hydrogen-bond donors (Lipinski definition) is 3. The highest BCUT2D eigenvalue weighted by atomic mass is 19.4. The molecule has 1 amide bonds. The number of benzene rings is 1. The van der Waals surface area contributed by atoms with Crippen LogP contribution in [0.2, 0.25) is 0 Å². The lowest BCUT2D eigenvalue weighted by Crippen LogP contribution is -2.45. The van der Waals surface area contributed by atoms with E-state index in [2.05, 4.69) is 25.9 Å². The minimum Gasteiger partial charge on any atom is -0.406 e. The Morgan fingerprint density at radius 1 is 1.33 bits per heavy atom. The van der Waals surface area contributed by atoms with Crippen LogP contribution in [0, 0.1) is 5.92 Å². The van der Waals surface area contributed by atoms with E-state index in [0.29, 0.717) is 12.0 Å². The number of rotatable bonds is 4. The van der Waals surface area contributed by atoms with E-state index in [9.17, 15) is 18.0 Å². The van der Waals surface area contributed by atoms with Crippen molar-refractivity contribution in [1.82, 2.24) is 16.2 Å². The summed E-state index contributed by atoms with van der Waals surface area (Å²) in [6.07, 6.45) is -0.630. The Labute approximate surface area is 135 Å². The van der Waals surface area contributed by atoms with Crippen LogP contribution in [0.15, 0.2) is 41.2 Å². The third kappa shape index (κ3) is 3.85. The molecule has 2 unspecified atom stereocenters. The Morgan fingerprint density at radius 2 is 2.08 bits per heavy atom. The van der Waals surface area contributed by atoms with Crippen LogP contribution in [-0.2, 0) is 11.3 Å². The number of halogens is 3. The third-order valence-corrected chi connectivity index (χ3v) is 3.76. The van der Waals surface area contributed by atoms with Gasteiger partial charge in [0.2, 0.25) is 5.91 Å². The molecular weight excluding hydrogens is 325 g/mol. The highest BCUT2D eigenvalue weighted by Crippen LogP contribution is 2.24. The van der Waals surface area contributed by atoms with Crippen molar-refractivity contribution in [3.8, 4) is 5.75 Å². The van der Waals surface area contributed by atoms with E-state index in [4.69, 9.17) is 0 Å². The molecule has 24 heavy (non-hydrogen) atoms. The van der Waals surface area contributed by atoms with Crippen molar-refractivity contribution in [2.45, 2.75) is 25.4 Å². The average Bonchev–Trinajstić information content (AvgIpc) is 2.96. The molecule has 0 radical (unpaired) electrons. The minimum atomic E-state index is -4.72. The molecule has 2 aliphatic rings. The van der Waals surface area contributed by atoms with Gasteiger partial charge in [0.25, 0.3) is 0 Å². The maximum Gasteiger partial charge on any atom is 0.573 e. The fourth-order valence-electron chi connectivity index (χ4n) is 2.59. The van der Waals surface area contributed by atoms with Crippen LogP contribution in [0.25, 0.3) is 0 Å². The standard InChI is InChI=1S/C15H15F3N4O2/c16-15(17,18)24-10-3-1-9(2-4-10)7-20-14(23)13-11-5-6-19-8-12(11)21-22-13/h1-4,6,8,11,13,21-22H,5,7H2,(H,20,23). The van der Waals surface area contributed by atoms with Gasteiger partial charge >= 0.3 is 6.36 Å². The molecule has 1 fully saturated rings. The highest BCUT2D eigenvalue weighted by Gasteiger charge is 2.36. The fraction of sp³-hybridized carbons (Fsp3) is 0.333. The number of nitrogens with zero attached hydrogens (tertiary/aromatic N) is 1. The van der Waals surface area contributed by atoms with Gasteiger partial charge in [-0.3, -0.25) is 9.79 Å². The summed E-state index contributed by atoms with van der Waals surface area (Å²) in [4.78, 5) is 16.3. The van der Waals surface area contributed by atoms with Crippen LogP contribution in [-0.4, -0.2) is 24.5 Å². The number of aliphatic imine (C=N–C) groups is 1. The molecule has 0 saturated carbocycles. The monoisotopic (exact) mass is 340 g/mol. The maximum absolute atomic E-state index is 12.3. The molecule has 0 spiro atoms. The van der Waals surface area contributed by atoms with Gasteiger partial charge in [0, 0.05) is 24.9 Å². The first-order valence-electron chi connectivity index (χ1n) is 7.28. The van der Waals surface area contributed by atoms with Crippen molar-refractivity contribution in [3.05, 3.63) is 41.7 Å². The fourth-order valence-corrected chi connectivity index (χ4v) is 2.59. The number of carbonyl (C=O) groups excluding carboxylic acids is 1. The van der Waals surface area contributed by atoms with Crippen molar-refractivity contribution in [3.63, 3.8) is 0 Å². The summed E-state index contributed by atoms with van der Waals surface area (Å²) in [6.45, 7) is 0.211. The molecule has 3 N–H and O–H groups in total. The second kappa shape index (κ2) is 6.52. The molecule has 9 heteroatoms. The van der Waals surface area contributed by atoms with Crippen molar-refractivity contribution < 1.29 is 22.7 Å². The summed E-state index contributed by atoms with van der Waals surface area (Å²) >= 11 is 0. The van der Waals surface area contributed by atoms with Gasteiger partial charge in [-0.05, 0) is 24.1 Å². The molecule has 6 nitrogen and oxygen atoms in total. The molecule has 3 rings (SSSR count). The molecular formula is C15H15F3N4O2. The lowest BCUT2D eigenvalue weighted by Gasteiger charge is -2.17. The number of nitrogens with one attached hydrogen (secondary N) is 3. The number of hydrogen-bond acceptors (Lipinski definition) is 5. The van der Waals surface area contributed by atoms with Gasteiger partial charge in [0.15, 0.2) is 0 Å². The van der Waals surface area contributed by atoms with E-state index >= 15 is 0 Å². The van der Waals surface area contributed by atoms with Gasteiger partial charge in [0.1, 0.15) is 11.8 Å². The predicted octanol–water partition coefficient (Wildman–Crippen LogP) is 1.61. The zero-order chi connectivity index (χ0) is 17.2. The molecule has 2 atom stereocenters. The molecule has 128 valence electrons. The quantitative estimate of drug-likeness (QED) is 0.779. The first-order chi connectivity index (χ1) is 11.4. The van der Waals surface area contributed by atoms with Crippen LogP contribution in [0.3, 0.4) is 0 Å². The van der Waals surface area contributed by atoms with Crippen molar-refractivity contribution in [1.29, 1.82) is 0 Å². The number of carbonyl (C=O) groups is 1. The maximum atomic E-state index is 12.3. The number of alkyl halides is 3. The molecule has 1 saturated heterocycles. The molecule has 2 aliphatic heterocycles. The van der Waals surface area contributed by atoms with Gasteiger partial charge in [-0.1, -0.05) is 12.1 Å². The van der Waals surface area contributed by atoms with Gasteiger partial charge < -0.3 is 15.5 Å². The summed E-state index contributed by atoms with van der Waals surface area (Å²) in [5.74, 6) is -0.484. The summed E-state index contributed by atoms with van der Waals surface area (Å²) in [7, 11) is 0. The Morgan fingerprint density at radius 3 is 2.79 bits per heavy atom. The molecule has 2 heterocycles. The Bertz CT molecular complexity index is 670. The molecule has 1 aromatic carbocycles. The van der Waals surface area contributed by atoms with E-state index in [1.807, 2.05) is 0 Å². The summed E-state index contributed by atoms with van der Waals surface area (Å²) in [6, 6.07) is 4.95. The van der Waals surface area contributed by atoms with E-state index in [-0.39, 0.29) is 24.1 Å². The molecule has 0 aliphatic carbocycles. The number of hydrazine groups is 1. The van der Waals surface area contributed by atoms with E-state index in [1.165, 1.54) is 24.3 Å². The van der Waals surface area contributed by atoms with Crippen LogP contribution < -0.4 is 20.9 Å². The Hall–Kier alpha value is -2.55. The van der Waals surface area contributed by atoms with Crippen molar-refractivity contribution in [2.24, 2.45) is 10.9 Å². The summed E-state index contributed by atoms with van der Waals surface area (Å²) < 4.78 is 40.1. The summed E-state index contributed by atoms with van der Waals surface area (Å²) in [5, 5.41) is 2.77. The first-order valence-corrected chi connectivity index (χ1v) is 7.28. The zero-order valence-corrected chi connectivity index (χ0v) is 12.4. The van der Waals surface area contributed by atoms with Gasteiger partial charge in [-0.2, -0.15) is 0 Å². The SMILES string of the molecule is O=C(NCc1ccc(OC(F)(F)F)cc1)C1NNC2=CN=CCC21. The first kappa shape index (κ1) is 16.3. The van der Waals surface area contributed by atoms with Crippen LogP contribution >= 0.6 is 0 Å². The van der Waals surface area contributed by atoms with Crippen LogP contribution in [0.1, 0.15) is 12.0 Å². The molecule has 0 aromatic heterocycles. The third-order valence-electron chi connectivity index (χ3n) is 3.76. The van der Waals surface area contributed by atoms with Crippen molar-refractivity contribution >= 4 is 12.1 Å². The smallest absolute Gasteiger partial charge is 0.406 e. The van der Waals surface area contributed by atoms with Crippen LogP contribution in [0.5, 0.6) is 5.75 Å². The normalized spacial score (nSPS) is 22.4. The van der Waals surface area contributed by atoms with Gasteiger partial charge in [0.05, 0.1) is 5.70 Å². The predicted molar refractivity (Wildman–Crippen MR) is 79.7 cm³/mol. The Balaban J connectivity index is 1.53. The summed E-state index contributed by atoms with van der Waals surface area (Å²) in [5.41, 5.74) is 7.38. The number of ether oxygens (including phenoxy) is 1. The van der Waals surface area contributed by atoms with Crippen molar-refractivity contribution in [2.75, 3.05) is 0 Å². The lowest BCUT2D eigenvalue weighted by molar-refractivity contribution is -0.274. The van der Waals surface area contributed by atoms with E-state index < -0.39 is 12.4 Å². The molecule has 1 aromatic rings. The zero-order valence-electron chi connectivity index (χ0n) is 12.4. The topological polar surface area (TPSA) is 74.8 Å². The van der Waals surface area contributed by atoms with Crippen LogP contribution in [0.4, 0.5) is 13.2 Å². The van der Waals surface area contributed by atoms with E-state index in [1.54, 1.807) is 12.4 Å². The lowest BCUT2D eigenvalue weighted by atomic mass is 9.94. The minimum absolute atomic E-state index is 0.00469. The highest BCUT2D eigenvalue weighted by molar-refractivity contribution is 5.84. The van der Waals surface area contributed by atoms with Gasteiger partial charge in [-0.25, -0.2) is 5.43 Å². The second-order valence-corrected chi connectivity index (χ2v) is 5.41. The number of amides is 1. The molecule has 0 bridgehead atoms. The van der Waals surface area contributed by atoms with Gasteiger partial charge in [-0.15, -0.1) is 13.2 Å². The second-order valence-electron chi connectivity index (χ2n) is 5.41. The average molecular weight is 340 g/mol. The Kier molecular flexibility index (Phi) is 4.43. The largest absolute Gasteiger partial charge is 0.573 e.